The number of nitrogens with one attached hydrogen (secondary N) is 2. The highest BCUT2D eigenvalue weighted by atomic mass is 79.9. The summed E-state index contributed by atoms with van der Waals surface area (Å²) in [5.41, 5.74) is 3.50. The molecule has 0 aliphatic carbocycles. The third kappa shape index (κ3) is 19.4. The van der Waals surface area contributed by atoms with Gasteiger partial charge in [0.2, 0.25) is 0 Å². The Morgan fingerprint density at radius 2 is 1.32 bits per heavy atom. The Labute approximate surface area is 393 Å². The zero-order valence-electron chi connectivity index (χ0n) is 37.7. The molecule has 338 valence electrons. The number of hydrogen-bond donors (Lipinski definition) is 2. The zero-order chi connectivity index (χ0) is 46.9. The summed E-state index contributed by atoms with van der Waals surface area (Å²) in [6.45, 7) is 20.4. The van der Waals surface area contributed by atoms with Crippen LogP contribution >= 0.6 is 43.5 Å². The molecule has 5 aromatic rings. The van der Waals surface area contributed by atoms with E-state index in [-0.39, 0.29) is 17.0 Å². The summed E-state index contributed by atoms with van der Waals surface area (Å²) in [5, 5.41) is 6.60. The molecular weight excluding hydrogens is 952 g/mol. The number of aromatic nitrogens is 5. The van der Waals surface area contributed by atoms with Crippen LogP contribution in [0.2, 0.25) is 5.15 Å². The van der Waals surface area contributed by atoms with Gasteiger partial charge in [0.25, 0.3) is 17.0 Å². The zero-order valence-corrected chi connectivity index (χ0v) is 41.6. The summed E-state index contributed by atoms with van der Waals surface area (Å²) in [7, 11) is 3.40. The summed E-state index contributed by atoms with van der Waals surface area (Å²) >= 11 is 12.2. The first kappa shape index (κ1) is 53.9. The number of carbonyl (C=O) groups excluding carboxylic acids is 2. The number of aryl methyl sites for hydroxylation is 3. The Morgan fingerprint density at radius 1 is 0.778 bits per heavy atom. The lowest BCUT2D eigenvalue weighted by atomic mass is 10.2. The van der Waals surface area contributed by atoms with E-state index >= 15 is 0 Å². The number of allylic oxidation sites excluding steroid dienone is 1. The monoisotopic (exact) mass is 1010 g/mol. The first-order chi connectivity index (χ1) is 30.1. The molecule has 0 aromatic carbocycles. The van der Waals surface area contributed by atoms with Gasteiger partial charge in [-0.15, -0.1) is 0 Å². The lowest BCUT2D eigenvalue weighted by Crippen LogP contribution is -2.30. The molecule has 17 heteroatoms. The van der Waals surface area contributed by atoms with Crippen molar-refractivity contribution in [2.24, 2.45) is 14.1 Å². The molecule has 2 N–H and O–H groups in total. The molecule has 1 amide bonds. The van der Waals surface area contributed by atoms with Gasteiger partial charge in [-0.25, -0.2) is 15.0 Å². The number of hydrogen-bond acceptors (Lipinski definition) is 10. The van der Waals surface area contributed by atoms with Crippen molar-refractivity contribution in [2.75, 3.05) is 49.9 Å². The highest BCUT2D eigenvalue weighted by Gasteiger charge is 2.13. The molecule has 63 heavy (non-hydrogen) atoms. The van der Waals surface area contributed by atoms with Crippen LogP contribution < -0.4 is 21.8 Å². The van der Waals surface area contributed by atoms with Crippen molar-refractivity contribution in [1.29, 1.82) is 0 Å². The van der Waals surface area contributed by atoms with Crippen molar-refractivity contribution in [1.82, 2.24) is 33.9 Å². The molecule has 0 saturated heterocycles. The number of rotatable bonds is 15. The number of aldehydes is 1. The molecule has 0 atom stereocenters. The number of anilines is 4. The highest BCUT2D eigenvalue weighted by Crippen LogP contribution is 2.18. The first-order valence-electron chi connectivity index (χ1n) is 20.7. The summed E-state index contributed by atoms with van der Waals surface area (Å²) in [6, 6.07) is 14.5. The largest absolute Gasteiger partial charge is 0.339 e. The van der Waals surface area contributed by atoms with Gasteiger partial charge in [0.1, 0.15) is 47.5 Å². The molecule has 0 unspecified atom stereocenters. The molecule has 0 radical (unpaired) electrons. The van der Waals surface area contributed by atoms with E-state index in [1.165, 1.54) is 15.3 Å². The lowest BCUT2D eigenvalue weighted by molar-refractivity contribution is -0.513. The second-order valence-corrected chi connectivity index (χ2v) is 15.9. The Hall–Kier alpha value is -5.25. The lowest BCUT2D eigenvalue weighted by Gasteiger charge is -2.18. The Morgan fingerprint density at radius 3 is 1.71 bits per heavy atom. The van der Waals surface area contributed by atoms with Crippen molar-refractivity contribution in [3.05, 3.63) is 137 Å². The molecular formula is C46H60Br2ClN10O4+. The minimum absolute atomic E-state index is 0.0487. The van der Waals surface area contributed by atoms with E-state index in [1.807, 2.05) is 49.7 Å². The standard InChI is InChI=1S/C16H19BrN4O2.C16H21BrN4O.C8H14NO.C6H6ClN/c1-4-21(5-2)15(22)11-6-7-14(18-9-11)19-13-8-12(17)10-20(3)16(13)23;1-4-21(5-2)10-12-6-7-15(18-9-12)19-14-8-13(17)11-20(3)16(14)22;1-3-9(4-2)7-5-6-8-10;1-5-2-3-6(7)8-4-5/h6-10H,4-5H2,1-3H3,(H,18,19);6-9,11H,4-5,10H2,1-3H3,(H,18,19);5,8H,3-4,6H2,1-2H3;2-4H,1H3/q;;+1;. The average Bonchev–Trinajstić information content (AvgIpc) is 3.28. The number of amides is 1. The molecule has 0 bridgehead atoms. The van der Waals surface area contributed by atoms with Gasteiger partial charge in [-0.2, -0.15) is 4.58 Å². The summed E-state index contributed by atoms with van der Waals surface area (Å²) in [5.74, 6) is 4.12. The predicted octanol–water partition coefficient (Wildman–Crippen LogP) is 8.79. The molecule has 5 rings (SSSR count). The van der Waals surface area contributed by atoms with Gasteiger partial charge in [0.15, 0.2) is 5.87 Å². The topological polar surface area (TPSA) is 150 Å². The van der Waals surface area contributed by atoms with Crippen LogP contribution in [0.25, 0.3) is 0 Å². The van der Waals surface area contributed by atoms with E-state index in [9.17, 15) is 19.2 Å². The quantitative estimate of drug-likeness (QED) is 0.0451. The molecule has 0 fully saturated rings. The van der Waals surface area contributed by atoms with Crippen LogP contribution in [0.4, 0.5) is 23.0 Å². The maximum absolute atomic E-state index is 12.2. The van der Waals surface area contributed by atoms with Gasteiger partial charge in [-0.3, -0.25) is 19.3 Å². The first-order valence-corrected chi connectivity index (χ1v) is 22.6. The van der Waals surface area contributed by atoms with Gasteiger partial charge in [-0.1, -0.05) is 37.6 Å². The molecule has 5 aromatic heterocycles. The van der Waals surface area contributed by atoms with Crippen LogP contribution in [0.15, 0.2) is 104 Å². The van der Waals surface area contributed by atoms with Crippen LogP contribution in [0.5, 0.6) is 0 Å². The normalized spacial score (nSPS) is 10.1. The molecule has 0 aliphatic rings. The minimum Gasteiger partial charge on any atom is -0.339 e. The number of halogens is 3. The van der Waals surface area contributed by atoms with Crippen LogP contribution in [0, 0.1) is 6.92 Å². The van der Waals surface area contributed by atoms with Crippen molar-refractivity contribution in [3.63, 3.8) is 0 Å². The fourth-order valence-electron chi connectivity index (χ4n) is 5.47. The van der Waals surface area contributed by atoms with E-state index in [4.69, 9.17) is 11.6 Å². The van der Waals surface area contributed by atoms with Crippen LogP contribution in [-0.4, -0.2) is 95.8 Å². The fraction of sp³-hybridized carbons (Fsp3) is 0.370. The van der Waals surface area contributed by atoms with E-state index in [2.05, 4.69) is 95.9 Å². The second-order valence-electron chi connectivity index (χ2n) is 13.7. The smallest absolute Gasteiger partial charge is 0.274 e. The molecule has 14 nitrogen and oxygen atoms in total. The second kappa shape index (κ2) is 29.2. The van der Waals surface area contributed by atoms with Crippen LogP contribution in [-0.2, 0) is 25.4 Å². The number of pyridine rings is 5. The van der Waals surface area contributed by atoms with Gasteiger partial charge in [0, 0.05) is 86.2 Å². The van der Waals surface area contributed by atoms with Gasteiger partial charge >= 0.3 is 0 Å². The van der Waals surface area contributed by atoms with E-state index < -0.39 is 0 Å². The predicted molar refractivity (Wildman–Crippen MR) is 263 cm³/mol. The van der Waals surface area contributed by atoms with Crippen molar-refractivity contribution < 1.29 is 14.2 Å². The van der Waals surface area contributed by atoms with Crippen LogP contribution in [0.1, 0.15) is 69.4 Å². The molecule has 5 heterocycles. The van der Waals surface area contributed by atoms with Crippen molar-refractivity contribution in [3.8, 4) is 0 Å². The van der Waals surface area contributed by atoms with E-state index in [0.29, 0.717) is 53.2 Å². The van der Waals surface area contributed by atoms with E-state index in [1.54, 1.807) is 74.0 Å². The minimum atomic E-state index is -0.154. The van der Waals surface area contributed by atoms with Crippen LogP contribution in [0.3, 0.4) is 0 Å². The Bertz CT molecular complexity index is 2330. The van der Waals surface area contributed by atoms with Gasteiger partial charge in [0.05, 0.1) is 5.56 Å². The molecule has 0 saturated carbocycles. The summed E-state index contributed by atoms with van der Waals surface area (Å²) in [6.07, 6.45) is 11.6. The molecule has 0 aliphatic heterocycles. The highest BCUT2D eigenvalue weighted by molar-refractivity contribution is 9.10. The summed E-state index contributed by atoms with van der Waals surface area (Å²) < 4.78 is 6.65. The molecule has 0 spiro atoms. The van der Waals surface area contributed by atoms with E-state index in [0.717, 1.165) is 59.1 Å². The third-order valence-corrected chi connectivity index (χ3v) is 10.2. The third-order valence-electron chi connectivity index (χ3n) is 9.14. The maximum atomic E-state index is 12.2. The summed E-state index contributed by atoms with van der Waals surface area (Å²) in [4.78, 5) is 62.7. The Balaban J connectivity index is 0.000000315. The van der Waals surface area contributed by atoms with Gasteiger partial charge in [-0.05, 0) is 127 Å². The Kier molecular flexibility index (Phi) is 25.0. The maximum Gasteiger partial charge on any atom is 0.274 e. The SMILES string of the molecule is CCN(CC)C(=O)c1ccc(Nc2cc(Br)cn(C)c2=O)nc1.CCN(CC)Cc1ccc(Nc2cc(Br)cn(C)c2=O)nc1.CC[N+](=C=CCC=O)CC.Cc1ccc(Cl)nc1. The average molecular weight is 1010 g/mol. The fourth-order valence-corrected chi connectivity index (χ4v) is 6.65. The van der Waals surface area contributed by atoms with Crippen molar-refractivity contribution in [2.45, 2.75) is 61.4 Å². The number of carbonyl (C=O) groups is 2. The van der Waals surface area contributed by atoms with Gasteiger partial charge < -0.3 is 29.5 Å². The number of nitrogens with zero attached hydrogens (tertiary/aromatic N) is 8. The van der Waals surface area contributed by atoms with Crippen molar-refractivity contribution >= 4 is 84.5 Å².